The summed E-state index contributed by atoms with van der Waals surface area (Å²) in [4.78, 5) is 36.6. The number of carbonyl (C=O) groups is 2. The van der Waals surface area contributed by atoms with Crippen molar-refractivity contribution in [2.24, 2.45) is 11.5 Å². The maximum Gasteiger partial charge on any atom is 0.254 e. The first-order valence-electron chi connectivity index (χ1n) is 8.46. The summed E-state index contributed by atoms with van der Waals surface area (Å²) in [5.41, 5.74) is 14.4. The van der Waals surface area contributed by atoms with E-state index in [1.165, 1.54) is 6.20 Å². The number of aromatic nitrogens is 3. The minimum atomic E-state index is -0.669. The number of hydrogen-bond acceptors (Lipinski definition) is 8. The molecule has 0 spiro atoms. The van der Waals surface area contributed by atoms with Crippen molar-refractivity contribution in [2.75, 3.05) is 10.6 Å². The maximum absolute atomic E-state index is 11.7. The highest BCUT2D eigenvalue weighted by Crippen LogP contribution is 2.26. The van der Waals surface area contributed by atoms with E-state index in [1.807, 2.05) is 31.2 Å². The maximum atomic E-state index is 11.7. The van der Waals surface area contributed by atoms with Crippen LogP contribution in [0.4, 0.5) is 17.5 Å². The summed E-state index contributed by atoms with van der Waals surface area (Å²) < 4.78 is 0. The summed E-state index contributed by atoms with van der Waals surface area (Å²) in [6.07, 6.45) is 3.57. The molecule has 9 nitrogen and oxygen atoms in total. The number of rotatable bonds is 8. The number of carbonyl (C=O) groups excluding carboxylic acids is 2. The number of nitrogens with zero attached hydrogens (tertiary/aromatic N) is 3. The van der Waals surface area contributed by atoms with Crippen molar-refractivity contribution in [3.05, 3.63) is 47.7 Å². The molecule has 0 fully saturated rings. The van der Waals surface area contributed by atoms with Crippen LogP contribution in [0, 0.1) is 0 Å². The molecular weight excluding hydrogens is 378 g/mol. The quantitative estimate of drug-likeness (QED) is 0.455. The standard InChI is InChI=1S/C18H19N7O2S/c1-2-13(16(20)27)24-18-22-7-12(15(19)26)17(25-18)23-11-5-3-10(4-6-11)14-8-21-9-28-14/h3-9,13H,2H2,1H3,(H2,19,26)(H2,20,27)(H2,22,23,24,25)/t13-/m1/s1. The van der Waals surface area contributed by atoms with Crippen LogP contribution in [-0.2, 0) is 4.79 Å². The second kappa shape index (κ2) is 8.44. The lowest BCUT2D eigenvalue weighted by molar-refractivity contribution is -0.118. The first-order chi connectivity index (χ1) is 13.5. The Labute approximate surface area is 165 Å². The molecule has 144 valence electrons. The fourth-order valence-electron chi connectivity index (χ4n) is 2.47. The van der Waals surface area contributed by atoms with Crippen molar-refractivity contribution < 1.29 is 9.59 Å². The molecule has 10 heteroatoms. The van der Waals surface area contributed by atoms with Crippen LogP contribution in [0.15, 0.2) is 42.2 Å². The molecule has 0 unspecified atom stereocenters. The highest BCUT2D eigenvalue weighted by atomic mass is 32.1. The zero-order valence-corrected chi connectivity index (χ0v) is 15.9. The SMILES string of the molecule is CC[C@@H](Nc1ncc(C(N)=O)c(Nc2ccc(-c3cncs3)cc2)n1)C(N)=O. The average Bonchev–Trinajstić information content (AvgIpc) is 3.21. The highest BCUT2D eigenvalue weighted by molar-refractivity contribution is 7.13. The van der Waals surface area contributed by atoms with E-state index in [-0.39, 0.29) is 17.3 Å². The molecule has 0 bridgehead atoms. The zero-order chi connectivity index (χ0) is 20.1. The first-order valence-corrected chi connectivity index (χ1v) is 9.34. The Morgan fingerprint density at radius 2 is 1.93 bits per heavy atom. The van der Waals surface area contributed by atoms with Crippen LogP contribution >= 0.6 is 11.3 Å². The number of amides is 2. The van der Waals surface area contributed by atoms with Gasteiger partial charge in [0.15, 0.2) is 0 Å². The summed E-state index contributed by atoms with van der Waals surface area (Å²) in [5.74, 6) is -0.787. The zero-order valence-electron chi connectivity index (χ0n) is 15.0. The normalized spacial score (nSPS) is 11.6. The van der Waals surface area contributed by atoms with E-state index in [1.54, 1.807) is 23.0 Å². The molecule has 2 heterocycles. The van der Waals surface area contributed by atoms with E-state index in [0.29, 0.717) is 12.1 Å². The van der Waals surface area contributed by atoms with Crippen molar-refractivity contribution in [1.29, 1.82) is 0 Å². The second-order valence-electron chi connectivity index (χ2n) is 5.90. The minimum absolute atomic E-state index is 0.129. The molecule has 0 aliphatic carbocycles. The molecular formula is C18H19N7O2S. The Morgan fingerprint density at radius 3 is 2.50 bits per heavy atom. The molecule has 3 aromatic rings. The number of hydrogen-bond donors (Lipinski definition) is 4. The molecule has 1 atom stereocenters. The van der Waals surface area contributed by atoms with Crippen LogP contribution in [0.3, 0.4) is 0 Å². The molecule has 6 N–H and O–H groups in total. The fourth-order valence-corrected chi connectivity index (χ4v) is 3.10. The number of benzene rings is 1. The Balaban J connectivity index is 1.85. The lowest BCUT2D eigenvalue weighted by atomic mass is 10.2. The van der Waals surface area contributed by atoms with E-state index in [9.17, 15) is 9.59 Å². The summed E-state index contributed by atoms with van der Waals surface area (Å²) in [7, 11) is 0. The van der Waals surface area contributed by atoms with Crippen LogP contribution in [0.25, 0.3) is 10.4 Å². The van der Waals surface area contributed by atoms with E-state index >= 15 is 0 Å². The smallest absolute Gasteiger partial charge is 0.254 e. The van der Waals surface area contributed by atoms with E-state index in [2.05, 4.69) is 25.6 Å². The number of anilines is 3. The topological polar surface area (TPSA) is 149 Å². The third-order valence-electron chi connectivity index (χ3n) is 3.97. The number of nitrogens with one attached hydrogen (secondary N) is 2. The van der Waals surface area contributed by atoms with Gasteiger partial charge in [0.25, 0.3) is 5.91 Å². The van der Waals surface area contributed by atoms with Gasteiger partial charge >= 0.3 is 0 Å². The molecule has 28 heavy (non-hydrogen) atoms. The van der Waals surface area contributed by atoms with Crippen molar-refractivity contribution in [2.45, 2.75) is 19.4 Å². The van der Waals surface area contributed by atoms with Crippen molar-refractivity contribution in [3.8, 4) is 10.4 Å². The monoisotopic (exact) mass is 397 g/mol. The third-order valence-corrected chi connectivity index (χ3v) is 4.80. The molecule has 2 aromatic heterocycles. The number of thiazole rings is 1. The van der Waals surface area contributed by atoms with Gasteiger partial charge in [0, 0.05) is 18.1 Å². The highest BCUT2D eigenvalue weighted by Gasteiger charge is 2.17. The predicted octanol–water partition coefficient (Wildman–Crippen LogP) is 2.12. The van der Waals surface area contributed by atoms with Gasteiger partial charge in [-0.3, -0.25) is 14.6 Å². The minimum Gasteiger partial charge on any atom is -0.368 e. The van der Waals surface area contributed by atoms with E-state index in [4.69, 9.17) is 11.5 Å². The molecule has 3 rings (SSSR count). The van der Waals surface area contributed by atoms with Gasteiger partial charge in [-0.05, 0) is 24.1 Å². The molecule has 2 amide bonds. The average molecular weight is 397 g/mol. The summed E-state index contributed by atoms with van der Waals surface area (Å²) in [5, 5.41) is 5.92. The third kappa shape index (κ3) is 4.41. The van der Waals surface area contributed by atoms with E-state index in [0.717, 1.165) is 10.4 Å². The fraction of sp³-hybridized carbons (Fsp3) is 0.167. The van der Waals surface area contributed by atoms with Gasteiger partial charge in [-0.25, -0.2) is 4.98 Å². The predicted molar refractivity (Wildman–Crippen MR) is 108 cm³/mol. The van der Waals surface area contributed by atoms with Crippen LogP contribution in [0.1, 0.15) is 23.7 Å². The van der Waals surface area contributed by atoms with Gasteiger partial charge in [0.05, 0.1) is 10.4 Å². The lowest BCUT2D eigenvalue weighted by Gasteiger charge is -2.15. The Kier molecular flexibility index (Phi) is 5.80. The number of nitrogens with two attached hydrogens (primary N) is 2. The number of primary amides is 2. The van der Waals surface area contributed by atoms with Gasteiger partial charge < -0.3 is 22.1 Å². The largest absolute Gasteiger partial charge is 0.368 e. The summed E-state index contributed by atoms with van der Waals surface area (Å²) >= 11 is 1.54. The van der Waals surface area contributed by atoms with Gasteiger partial charge in [-0.15, -0.1) is 11.3 Å². The molecule has 1 aromatic carbocycles. The van der Waals surface area contributed by atoms with Crippen LogP contribution in [0.2, 0.25) is 0 Å². The van der Waals surface area contributed by atoms with Crippen LogP contribution in [0.5, 0.6) is 0 Å². The second-order valence-corrected chi connectivity index (χ2v) is 6.78. The molecule has 0 aliphatic heterocycles. The van der Waals surface area contributed by atoms with Crippen LogP contribution < -0.4 is 22.1 Å². The molecule has 0 saturated carbocycles. The van der Waals surface area contributed by atoms with Crippen molar-refractivity contribution in [3.63, 3.8) is 0 Å². The van der Waals surface area contributed by atoms with Gasteiger partial charge in [-0.2, -0.15) is 4.98 Å². The lowest BCUT2D eigenvalue weighted by Crippen LogP contribution is -2.35. The van der Waals surface area contributed by atoms with Gasteiger partial charge in [0.1, 0.15) is 17.4 Å². The molecule has 0 radical (unpaired) electrons. The van der Waals surface area contributed by atoms with E-state index < -0.39 is 17.9 Å². The molecule has 0 saturated heterocycles. The Morgan fingerprint density at radius 1 is 1.18 bits per heavy atom. The first kappa shape index (κ1) is 19.2. The van der Waals surface area contributed by atoms with Gasteiger partial charge in [0.2, 0.25) is 11.9 Å². The Bertz CT molecular complexity index is 974. The summed E-state index contributed by atoms with van der Waals surface area (Å²) in [6, 6.07) is 6.95. The van der Waals surface area contributed by atoms with Crippen molar-refractivity contribution >= 4 is 40.6 Å². The Hall–Kier alpha value is -3.53. The van der Waals surface area contributed by atoms with Crippen LogP contribution in [-0.4, -0.2) is 32.8 Å². The molecule has 0 aliphatic rings. The van der Waals surface area contributed by atoms with Gasteiger partial charge in [-0.1, -0.05) is 19.1 Å². The summed E-state index contributed by atoms with van der Waals surface area (Å²) in [6.45, 7) is 1.81. The van der Waals surface area contributed by atoms with Crippen molar-refractivity contribution in [1.82, 2.24) is 15.0 Å².